The normalized spacial score (nSPS) is 12.4. The number of rotatable bonds is 8. The minimum absolute atomic E-state index is 0.130. The highest BCUT2D eigenvalue weighted by Crippen LogP contribution is 2.26. The Morgan fingerprint density at radius 2 is 1.89 bits per heavy atom. The molecule has 27 heavy (non-hydrogen) atoms. The fourth-order valence-corrected chi connectivity index (χ4v) is 4.33. The Bertz CT molecular complexity index is 885. The first-order chi connectivity index (χ1) is 12.7. The van der Waals surface area contributed by atoms with Crippen molar-refractivity contribution in [3.8, 4) is 0 Å². The summed E-state index contributed by atoms with van der Waals surface area (Å²) < 4.78 is 33.2. The maximum Gasteiger partial charge on any atom is 0.264 e. The van der Waals surface area contributed by atoms with Crippen molar-refractivity contribution in [1.29, 1.82) is 0 Å². The molecule has 0 aromatic heterocycles. The smallest absolute Gasteiger partial charge is 0.264 e. The molecule has 0 aliphatic rings. The maximum atomic E-state index is 13.2. The van der Waals surface area contributed by atoms with Crippen LogP contribution in [0.2, 0.25) is 0 Å². The molecule has 2 aromatic carbocycles. The molecule has 2 aromatic rings. The second-order valence-corrected chi connectivity index (χ2v) is 9.01. The molecule has 1 N–H and O–H groups in total. The Morgan fingerprint density at radius 3 is 2.48 bits per heavy atom. The SMILES string of the molecule is COC[C@H](C)NC(=O)CN(c1cccc(Br)c1)S(=O)(=O)c1ccc(C)cc1. The Labute approximate surface area is 168 Å². The van der Waals surface area contributed by atoms with Crippen LogP contribution in [-0.4, -0.2) is 40.6 Å². The summed E-state index contributed by atoms with van der Waals surface area (Å²) in [6, 6.07) is 13.2. The van der Waals surface area contributed by atoms with E-state index in [1.807, 2.05) is 6.92 Å². The molecule has 0 bridgehead atoms. The van der Waals surface area contributed by atoms with E-state index in [9.17, 15) is 13.2 Å². The van der Waals surface area contributed by atoms with Crippen LogP contribution < -0.4 is 9.62 Å². The summed E-state index contributed by atoms with van der Waals surface area (Å²) >= 11 is 3.35. The topological polar surface area (TPSA) is 75.7 Å². The standard InChI is InChI=1S/C19H23BrN2O4S/c1-14-7-9-18(10-8-14)27(24,25)22(17-6-4-5-16(20)11-17)12-19(23)21-15(2)13-26-3/h4-11,15H,12-13H2,1-3H3,(H,21,23)/t15-/m0/s1. The molecule has 0 saturated carbocycles. The summed E-state index contributed by atoms with van der Waals surface area (Å²) in [6.45, 7) is 3.68. The zero-order valence-corrected chi connectivity index (χ0v) is 17.9. The third kappa shape index (κ3) is 5.79. The van der Waals surface area contributed by atoms with E-state index < -0.39 is 15.9 Å². The van der Waals surface area contributed by atoms with Crippen LogP contribution in [0.5, 0.6) is 0 Å². The van der Waals surface area contributed by atoms with Crippen LogP contribution in [0.15, 0.2) is 57.9 Å². The quantitative estimate of drug-likeness (QED) is 0.664. The first-order valence-corrected chi connectivity index (χ1v) is 10.6. The molecule has 6 nitrogen and oxygen atoms in total. The number of methoxy groups -OCH3 is 1. The van der Waals surface area contributed by atoms with E-state index in [2.05, 4.69) is 21.2 Å². The van der Waals surface area contributed by atoms with Gasteiger partial charge in [-0.1, -0.05) is 39.7 Å². The number of amides is 1. The lowest BCUT2D eigenvalue weighted by Gasteiger charge is -2.25. The van der Waals surface area contributed by atoms with Gasteiger partial charge in [0.25, 0.3) is 10.0 Å². The van der Waals surface area contributed by atoms with Crippen LogP contribution in [0, 0.1) is 6.92 Å². The van der Waals surface area contributed by atoms with E-state index in [-0.39, 0.29) is 17.5 Å². The number of carbonyl (C=O) groups excluding carboxylic acids is 1. The lowest BCUT2D eigenvalue weighted by molar-refractivity contribution is -0.120. The highest BCUT2D eigenvalue weighted by Gasteiger charge is 2.27. The number of sulfonamides is 1. The third-order valence-electron chi connectivity index (χ3n) is 3.82. The molecule has 1 amide bonds. The van der Waals surface area contributed by atoms with Crippen molar-refractivity contribution in [1.82, 2.24) is 5.32 Å². The van der Waals surface area contributed by atoms with E-state index in [0.29, 0.717) is 12.3 Å². The van der Waals surface area contributed by atoms with Crippen molar-refractivity contribution >= 4 is 37.5 Å². The van der Waals surface area contributed by atoms with Gasteiger partial charge in [0.15, 0.2) is 0 Å². The van der Waals surface area contributed by atoms with Gasteiger partial charge in [-0.05, 0) is 44.2 Å². The van der Waals surface area contributed by atoms with Crippen LogP contribution in [0.4, 0.5) is 5.69 Å². The molecule has 0 aliphatic heterocycles. The minimum Gasteiger partial charge on any atom is -0.383 e. The number of hydrogen-bond donors (Lipinski definition) is 1. The Kier molecular flexibility index (Phi) is 7.41. The zero-order valence-electron chi connectivity index (χ0n) is 15.5. The molecule has 0 spiro atoms. The number of aryl methyl sites for hydroxylation is 1. The van der Waals surface area contributed by atoms with E-state index in [1.165, 1.54) is 7.11 Å². The van der Waals surface area contributed by atoms with Crippen molar-refractivity contribution in [2.24, 2.45) is 0 Å². The Hall–Kier alpha value is -1.90. The summed E-state index contributed by atoms with van der Waals surface area (Å²) in [5, 5.41) is 2.75. The number of halogens is 1. The first-order valence-electron chi connectivity index (χ1n) is 8.37. The van der Waals surface area contributed by atoms with Gasteiger partial charge in [-0.15, -0.1) is 0 Å². The van der Waals surface area contributed by atoms with Gasteiger partial charge in [0, 0.05) is 17.6 Å². The summed E-state index contributed by atoms with van der Waals surface area (Å²) in [4.78, 5) is 12.6. The molecule has 0 radical (unpaired) electrons. The molecule has 8 heteroatoms. The second kappa shape index (κ2) is 9.34. The van der Waals surface area contributed by atoms with Crippen molar-refractivity contribution in [3.05, 3.63) is 58.6 Å². The molecule has 1 atom stereocenters. The van der Waals surface area contributed by atoms with Crippen LogP contribution in [0.3, 0.4) is 0 Å². The van der Waals surface area contributed by atoms with Gasteiger partial charge >= 0.3 is 0 Å². The molecular weight excluding hydrogens is 432 g/mol. The summed E-state index contributed by atoms with van der Waals surface area (Å²) in [5.41, 5.74) is 1.36. The molecule has 0 aliphatic carbocycles. The number of carbonyl (C=O) groups is 1. The number of hydrogen-bond acceptors (Lipinski definition) is 4. The van der Waals surface area contributed by atoms with Gasteiger partial charge in [0.05, 0.1) is 17.2 Å². The molecule has 0 unspecified atom stereocenters. The van der Waals surface area contributed by atoms with Gasteiger partial charge in [-0.25, -0.2) is 8.42 Å². The van der Waals surface area contributed by atoms with E-state index in [0.717, 1.165) is 14.3 Å². The third-order valence-corrected chi connectivity index (χ3v) is 6.10. The van der Waals surface area contributed by atoms with Crippen molar-refractivity contribution in [2.75, 3.05) is 24.6 Å². The number of nitrogens with one attached hydrogen (secondary N) is 1. The molecule has 0 saturated heterocycles. The predicted octanol–water partition coefficient (Wildman–Crippen LogP) is 3.10. The fraction of sp³-hybridized carbons (Fsp3) is 0.316. The van der Waals surface area contributed by atoms with Gasteiger partial charge in [-0.2, -0.15) is 0 Å². The number of benzene rings is 2. The lowest BCUT2D eigenvalue weighted by Crippen LogP contribution is -2.44. The van der Waals surface area contributed by atoms with Crippen molar-refractivity contribution in [2.45, 2.75) is 24.8 Å². The minimum atomic E-state index is -3.91. The van der Waals surface area contributed by atoms with Gasteiger partial charge in [-0.3, -0.25) is 9.10 Å². The second-order valence-electron chi connectivity index (χ2n) is 6.23. The number of nitrogens with zero attached hydrogens (tertiary/aromatic N) is 1. The van der Waals surface area contributed by atoms with Gasteiger partial charge in [0.1, 0.15) is 6.54 Å². The highest BCUT2D eigenvalue weighted by molar-refractivity contribution is 9.10. The van der Waals surface area contributed by atoms with Crippen LogP contribution in [-0.2, 0) is 19.6 Å². The fourth-order valence-electron chi connectivity index (χ4n) is 2.53. The van der Waals surface area contributed by atoms with Gasteiger partial charge in [0.2, 0.25) is 5.91 Å². The average Bonchev–Trinajstić information content (AvgIpc) is 2.60. The Morgan fingerprint density at radius 1 is 1.22 bits per heavy atom. The van der Waals surface area contributed by atoms with E-state index in [1.54, 1.807) is 55.5 Å². The number of ether oxygens (including phenoxy) is 1. The Balaban J connectivity index is 2.38. The lowest BCUT2D eigenvalue weighted by atomic mass is 10.2. The summed E-state index contributed by atoms with van der Waals surface area (Å²) in [7, 11) is -2.37. The molecule has 0 fully saturated rings. The maximum absolute atomic E-state index is 13.2. The monoisotopic (exact) mass is 454 g/mol. The highest BCUT2D eigenvalue weighted by atomic mass is 79.9. The molecule has 0 heterocycles. The van der Waals surface area contributed by atoms with E-state index >= 15 is 0 Å². The van der Waals surface area contributed by atoms with Crippen molar-refractivity contribution < 1.29 is 17.9 Å². The van der Waals surface area contributed by atoms with Gasteiger partial charge < -0.3 is 10.1 Å². The van der Waals surface area contributed by atoms with Crippen LogP contribution >= 0.6 is 15.9 Å². The van der Waals surface area contributed by atoms with Crippen molar-refractivity contribution in [3.63, 3.8) is 0 Å². The predicted molar refractivity (Wildman–Crippen MR) is 109 cm³/mol. The molecule has 146 valence electrons. The molecular formula is C19H23BrN2O4S. The largest absolute Gasteiger partial charge is 0.383 e. The van der Waals surface area contributed by atoms with Crippen LogP contribution in [0.1, 0.15) is 12.5 Å². The number of anilines is 1. The van der Waals surface area contributed by atoms with Crippen LogP contribution in [0.25, 0.3) is 0 Å². The summed E-state index contributed by atoms with van der Waals surface area (Å²) in [6.07, 6.45) is 0. The molecule has 2 rings (SSSR count). The summed E-state index contributed by atoms with van der Waals surface area (Å²) in [5.74, 6) is -0.407. The van der Waals surface area contributed by atoms with E-state index in [4.69, 9.17) is 4.74 Å². The zero-order chi connectivity index (χ0) is 20.0. The average molecular weight is 455 g/mol. The first kappa shape index (κ1) is 21.4.